The molecule has 0 fully saturated rings. The second-order valence-corrected chi connectivity index (χ2v) is 13.7. The monoisotopic (exact) mass is 601 g/mol. The van der Waals surface area contributed by atoms with E-state index in [2.05, 4.69) is 70.2 Å². The van der Waals surface area contributed by atoms with Crippen molar-refractivity contribution in [1.82, 2.24) is 0 Å². The van der Waals surface area contributed by atoms with Crippen LogP contribution in [0.25, 0.3) is 0 Å². The summed E-state index contributed by atoms with van der Waals surface area (Å²) in [5.74, 6) is 0.595. The molecule has 210 valence electrons. The number of nitriles is 1. The minimum atomic E-state index is -0.540. The smallest absolute Gasteiger partial charge is 0.162 e. The molecule has 0 aromatic heterocycles. The molecule has 1 aliphatic carbocycles. The summed E-state index contributed by atoms with van der Waals surface area (Å²) in [6.07, 6.45) is 1.03. The van der Waals surface area contributed by atoms with Crippen molar-refractivity contribution < 1.29 is 4.79 Å². The lowest BCUT2D eigenvalue weighted by atomic mass is 9.68. The quantitative estimate of drug-likeness (QED) is 0.295. The van der Waals surface area contributed by atoms with Gasteiger partial charge in [-0.2, -0.15) is 5.26 Å². The topological polar surface area (TPSA) is 70.1 Å². The van der Waals surface area contributed by atoms with Gasteiger partial charge in [0.25, 0.3) is 0 Å². The van der Waals surface area contributed by atoms with Gasteiger partial charge >= 0.3 is 0 Å². The molecule has 0 saturated carbocycles. The summed E-state index contributed by atoms with van der Waals surface area (Å²) in [6, 6.07) is 20.5. The van der Waals surface area contributed by atoms with Crippen molar-refractivity contribution in [3.8, 4) is 6.07 Å². The minimum absolute atomic E-state index is 0.0436. The Morgan fingerprint density at radius 2 is 1.71 bits per heavy atom. The second-order valence-electron chi connectivity index (χ2n) is 11.8. The maximum Gasteiger partial charge on any atom is 0.162 e. The Kier molecular flexibility index (Phi) is 8.05. The van der Waals surface area contributed by atoms with Gasteiger partial charge in [0.2, 0.25) is 0 Å². The van der Waals surface area contributed by atoms with Gasteiger partial charge < -0.3 is 5.73 Å². The molecule has 0 amide bonds. The number of aryl methyl sites for hydroxylation is 3. The van der Waals surface area contributed by atoms with Crippen LogP contribution in [-0.2, 0) is 10.5 Å². The average molecular weight is 603 g/mol. The van der Waals surface area contributed by atoms with Gasteiger partial charge in [-0.1, -0.05) is 66.9 Å². The van der Waals surface area contributed by atoms with Crippen LogP contribution in [0.3, 0.4) is 0 Å². The number of rotatable bonds is 5. The summed E-state index contributed by atoms with van der Waals surface area (Å²) in [7, 11) is 0. The highest BCUT2D eigenvalue weighted by Crippen LogP contribution is 2.51. The fraction of sp³-hybridized carbons (Fsp3) is 0.294. The predicted molar refractivity (Wildman–Crippen MR) is 170 cm³/mol. The lowest BCUT2D eigenvalue weighted by molar-refractivity contribution is -0.118. The number of hydrogen-bond acceptors (Lipinski definition) is 5. The van der Waals surface area contributed by atoms with Crippen LogP contribution in [0, 0.1) is 37.5 Å². The van der Waals surface area contributed by atoms with Gasteiger partial charge in [-0.15, -0.1) is 11.8 Å². The van der Waals surface area contributed by atoms with E-state index >= 15 is 0 Å². The van der Waals surface area contributed by atoms with Crippen molar-refractivity contribution in [3.05, 3.63) is 115 Å². The third-order valence-electron chi connectivity index (χ3n) is 7.99. The first kappa shape index (κ1) is 29.3. The van der Waals surface area contributed by atoms with E-state index in [-0.39, 0.29) is 11.2 Å². The number of Topliss-reactive ketones (excluding diaryl/α,β-unsaturated/α-hetero) is 1. The van der Waals surface area contributed by atoms with E-state index in [9.17, 15) is 10.1 Å². The number of carbonyl (C=O) groups excluding carboxylic acids is 1. The number of nitrogens with two attached hydrogens (primary N) is 1. The molecule has 1 unspecified atom stereocenters. The fourth-order valence-corrected chi connectivity index (χ4v) is 7.17. The number of carbonyl (C=O) groups is 1. The van der Waals surface area contributed by atoms with Crippen LogP contribution in [0.4, 0.5) is 5.69 Å². The number of benzene rings is 3. The Bertz CT molecular complexity index is 1660. The van der Waals surface area contributed by atoms with E-state index < -0.39 is 5.92 Å². The summed E-state index contributed by atoms with van der Waals surface area (Å²) in [5.41, 5.74) is 14.6. The molecule has 3 aromatic rings. The molecule has 3 aromatic carbocycles. The Hall–Kier alpha value is -3.17. The zero-order valence-corrected chi connectivity index (χ0v) is 26.3. The van der Waals surface area contributed by atoms with E-state index in [1.165, 1.54) is 21.6 Å². The Morgan fingerprint density at radius 1 is 1.00 bits per heavy atom. The minimum Gasteiger partial charge on any atom is -0.384 e. The summed E-state index contributed by atoms with van der Waals surface area (Å²) in [6.45, 7) is 10.4. The zero-order valence-electron chi connectivity index (χ0n) is 23.9. The molecule has 7 heteroatoms. The van der Waals surface area contributed by atoms with Crippen molar-refractivity contribution >= 4 is 46.4 Å². The van der Waals surface area contributed by atoms with Crippen molar-refractivity contribution in [2.45, 2.75) is 64.0 Å². The molecule has 4 nitrogen and oxygen atoms in total. The Morgan fingerprint density at radius 3 is 2.37 bits per heavy atom. The molecule has 0 bridgehead atoms. The first-order valence-corrected chi connectivity index (χ1v) is 15.3. The van der Waals surface area contributed by atoms with E-state index in [1.807, 2.05) is 17.9 Å². The summed E-state index contributed by atoms with van der Waals surface area (Å²) in [4.78, 5) is 17.0. The molecule has 2 aliphatic rings. The maximum atomic E-state index is 14.0. The van der Waals surface area contributed by atoms with E-state index in [4.69, 9.17) is 28.9 Å². The van der Waals surface area contributed by atoms with Crippen LogP contribution in [-0.4, -0.2) is 5.78 Å². The normalized spacial score (nSPS) is 18.4. The number of thioether (sulfide) groups is 1. The largest absolute Gasteiger partial charge is 0.384 e. The number of nitrogens with zero attached hydrogens (tertiary/aromatic N) is 2. The number of hydrogen-bond donors (Lipinski definition) is 1. The van der Waals surface area contributed by atoms with Gasteiger partial charge in [-0.05, 0) is 85.2 Å². The van der Waals surface area contributed by atoms with E-state index in [1.54, 1.807) is 23.9 Å². The predicted octanol–water partition coefficient (Wildman–Crippen LogP) is 9.15. The first-order valence-electron chi connectivity index (χ1n) is 13.6. The molecule has 0 saturated heterocycles. The number of ketones is 1. The maximum absolute atomic E-state index is 14.0. The lowest BCUT2D eigenvalue weighted by Crippen LogP contribution is -2.42. The number of allylic oxidation sites excluding steroid dienone is 3. The highest BCUT2D eigenvalue weighted by molar-refractivity contribution is 7.98. The zero-order chi connectivity index (χ0) is 29.6. The first-order chi connectivity index (χ1) is 19.4. The van der Waals surface area contributed by atoms with Gasteiger partial charge in [0.15, 0.2) is 5.78 Å². The third-order valence-corrected chi connectivity index (χ3v) is 9.79. The number of halogens is 2. The Labute approximate surface area is 256 Å². The summed E-state index contributed by atoms with van der Waals surface area (Å²) >= 11 is 14.4. The van der Waals surface area contributed by atoms with Crippen LogP contribution in [0.5, 0.6) is 0 Å². The van der Waals surface area contributed by atoms with Crippen molar-refractivity contribution in [2.75, 3.05) is 4.90 Å². The average Bonchev–Trinajstić information content (AvgIpc) is 2.90. The standard InChI is InChI=1S/C34H33Cl2N3OS/c1-19-6-9-24(10-7-19)41-18-22-13-25(21(3)12-20(22)2)31-26(17-37)33(38)39(23-8-11-27(35)28(36)14-23)29-15-34(4,5)16-30(40)32(29)31/h6-14,31H,15-16,18,38H2,1-5H3. The van der Waals surface area contributed by atoms with Gasteiger partial charge in [0, 0.05) is 34.0 Å². The molecule has 2 N–H and O–H groups in total. The van der Waals surface area contributed by atoms with Crippen LogP contribution < -0.4 is 10.6 Å². The van der Waals surface area contributed by atoms with Gasteiger partial charge in [0.05, 0.1) is 27.6 Å². The highest BCUT2D eigenvalue weighted by atomic mass is 35.5. The van der Waals surface area contributed by atoms with Crippen LogP contribution >= 0.6 is 35.0 Å². The number of anilines is 1. The van der Waals surface area contributed by atoms with Crippen molar-refractivity contribution in [1.29, 1.82) is 5.26 Å². The third kappa shape index (κ3) is 5.66. The summed E-state index contributed by atoms with van der Waals surface area (Å²) in [5, 5.41) is 11.3. The molecule has 5 rings (SSSR count). The molecule has 1 heterocycles. The van der Waals surface area contributed by atoms with Crippen molar-refractivity contribution in [3.63, 3.8) is 0 Å². The molecule has 0 radical (unpaired) electrons. The van der Waals surface area contributed by atoms with Crippen LogP contribution in [0.1, 0.15) is 60.4 Å². The summed E-state index contributed by atoms with van der Waals surface area (Å²) < 4.78 is 0. The molecule has 1 aliphatic heterocycles. The van der Waals surface area contributed by atoms with Gasteiger partial charge in [-0.3, -0.25) is 9.69 Å². The second kappa shape index (κ2) is 11.2. The lowest BCUT2D eigenvalue weighted by Gasteiger charge is -2.44. The van der Waals surface area contributed by atoms with E-state index in [0.29, 0.717) is 45.5 Å². The van der Waals surface area contributed by atoms with Crippen LogP contribution in [0.15, 0.2) is 82.2 Å². The van der Waals surface area contributed by atoms with Gasteiger partial charge in [0.1, 0.15) is 5.82 Å². The molecule has 0 spiro atoms. The van der Waals surface area contributed by atoms with E-state index in [0.717, 1.165) is 22.6 Å². The molecule has 1 atom stereocenters. The van der Waals surface area contributed by atoms with Crippen LogP contribution in [0.2, 0.25) is 10.0 Å². The molecular weight excluding hydrogens is 569 g/mol. The van der Waals surface area contributed by atoms with Gasteiger partial charge in [-0.25, -0.2) is 0 Å². The SMILES string of the molecule is Cc1ccc(SCc2cc(C3C(C#N)=C(N)N(c4ccc(Cl)c(Cl)c4)C4=C3C(=O)CC(C)(C)C4)c(C)cc2C)cc1. The highest BCUT2D eigenvalue weighted by Gasteiger charge is 2.45. The van der Waals surface area contributed by atoms with Crippen molar-refractivity contribution in [2.24, 2.45) is 11.1 Å². The Balaban J connectivity index is 1.66. The molecular formula is C34H33Cl2N3OS. The molecule has 41 heavy (non-hydrogen) atoms. The fourth-order valence-electron chi connectivity index (χ4n) is 5.92.